The zero-order chi connectivity index (χ0) is 6.78. The van der Waals surface area contributed by atoms with Gasteiger partial charge in [0.1, 0.15) is 0 Å². The van der Waals surface area contributed by atoms with Gasteiger partial charge in [-0.05, 0) is 19.6 Å². The molecule has 0 bridgehead atoms. The van der Waals surface area contributed by atoms with Gasteiger partial charge in [-0.1, -0.05) is 0 Å². The lowest BCUT2D eigenvalue weighted by atomic mass is 11.8. The Labute approximate surface area is 50.8 Å². The van der Waals surface area contributed by atoms with E-state index in [1.54, 1.807) is 0 Å². The van der Waals surface area contributed by atoms with E-state index in [1.807, 2.05) is 19.6 Å². The highest BCUT2D eigenvalue weighted by Crippen LogP contribution is 2.21. The molecule has 0 fully saturated rings. The van der Waals surface area contributed by atoms with Crippen molar-refractivity contribution in [2.45, 2.75) is 19.6 Å². The first kappa shape index (κ1) is 8.24. The van der Waals surface area contributed by atoms with E-state index in [0.717, 1.165) is 0 Å². The Bertz CT molecular complexity index is 97.2. The van der Waals surface area contributed by atoms with E-state index in [1.165, 1.54) is 0 Å². The van der Waals surface area contributed by atoms with E-state index in [-0.39, 0.29) is 0 Å². The van der Waals surface area contributed by atoms with Crippen LogP contribution >= 0.6 is 8.25 Å². The zero-order valence-electron chi connectivity index (χ0n) is 5.21. The SMILES string of the molecule is C[Si](C)(C)O[P+](=O)O. The van der Waals surface area contributed by atoms with E-state index >= 15 is 0 Å². The number of hydrogen-bond donors (Lipinski definition) is 1. The third-order valence-corrected chi connectivity index (χ3v) is 3.17. The highest BCUT2D eigenvalue weighted by molar-refractivity contribution is 7.34. The first-order valence-corrected chi connectivity index (χ1v) is 6.81. The fraction of sp³-hybridized carbons (Fsp3) is 1.00. The van der Waals surface area contributed by atoms with Crippen LogP contribution in [0.1, 0.15) is 0 Å². The molecule has 0 rings (SSSR count). The van der Waals surface area contributed by atoms with Gasteiger partial charge in [0.2, 0.25) is 0 Å². The quantitative estimate of drug-likeness (QED) is 0.483. The molecule has 5 heteroatoms. The van der Waals surface area contributed by atoms with Crippen molar-refractivity contribution < 1.29 is 13.7 Å². The summed E-state index contributed by atoms with van der Waals surface area (Å²) in [5, 5.41) is 0. The monoisotopic (exact) mass is 153 g/mol. The first-order valence-electron chi connectivity index (χ1n) is 2.27. The summed E-state index contributed by atoms with van der Waals surface area (Å²) in [5.74, 6) is 0. The zero-order valence-corrected chi connectivity index (χ0v) is 7.11. The Morgan fingerprint density at radius 2 is 1.88 bits per heavy atom. The maximum Gasteiger partial charge on any atom is 0.682 e. The maximum atomic E-state index is 9.98. The Balaban J connectivity index is 3.55. The molecule has 1 atom stereocenters. The van der Waals surface area contributed by atoms with Crippen LogP contribution in [-0.2, 0) is 8.78 Å². The fourth-order valence-electron chi connectivity index (χ4n) is 0.234. The lowest BCUT2D eigenvalue weighted by molar-refractivity contribution is 0.409. The van der Waals surface area contributed by atoms with Gasteiger partial charge in [0.25, 0.3) is 8.32 Å². The van der Waals surface area contributed by atoms with Gasteiger partial charge < -0.3 is 0 Å². The predicted octanol–water partition coefficient (Wildman–Crippen LogP) is 1.49. The van der Waals surface area contributed by atoms with Crippen LogP contribution < -0.4 is 0 Å². The van der Waals surface area contributed by atoms with E-state index in [0.29, 0.717) is 0 Å². The molecule has 48 valence electrons. The Morgan fingerprint density at radius 3 is 1.88 bits per heavy atom. The smallest absolute Gasteiger partial charge is 0.176 e. The van der Waals surface area contributed by atoms with Gasteiger partial charge in [0.05, 0.1) is 0 Å². The summed E-state index contributed by atoms with van der Waals surface area (Å²) in [6, 6.07) is 0. The largest absolute Gasteiger partial charge is 0.682 e. The third-order valence-electron chi connectivity index (χ3n) is 0.352. The fourth-order valence-corrected chi connectivity index (χ4v) is 2.11. The van der Waals surface area contributed by atoms with Crippen LogP contribution in [0.5, 0.6) is 0 Å². The van der Waals surface area contributed by atoms with Gasteiger partial charge in [-0.3, -0.25) is 0 Å². The van der Waals surface area contributed by atoms with Gasteiger partial charge >= 0.3 is 8.25 Å². The highest BCUT2D eigenvalue weighted by Gasteiger charge is 2.28. The van der Waals surface area contributed by atoms with Crippen LogP contribution in [0.4, 0.5) is 0 Å². The van der Waals surface area contributed by atoms with Crippen molar-refractivity contribution in [3.05, 3.63) is 0 Å². The van der Waals surface area contributed by atoms with Crippen molar-refractivity contribution in [2.24, 2.45) is 0 Å². The molecule has 0 saturated heterocycles. The molecule has 0 amide bonds. The summed E-state index contributed by atoms with van der Waals surface area (Å²) >= 11 is 0. The minimum atomic E-state index is -2.38. The third kappa shape index (κ3) is 6.24. The molecule has 0 aliphatic heterocycles. The molecule has 0 aliphatic carbocycles. The molecule has 0 radical (unpaired) electrons. The van der Waals surface area contributed by atoms with Gasteiger partial charge in [-0.2, -0.15) is 4.21 Å². The molecular weight excluding hydrogens is 143 g/mol. The molecule has 0 aromatic carbocycles. The second kappa shape index (κ2) is 2.69. The molecule has 0 spiro atoms. The maximum absolute atomic E-state index is 9.98. The van der Waals surface area contributed by atoms with E-state index < -0.39 is 16.6 Å². The van der Waals surface area contributed by atoms with Crippen LogP contribution in [-0.4, -0.2) is 13.2 Å². The molecular formula is C3H10O3PSi+. The molecule has 0 aromatic heterocycles. The number of rotatable bonds is 2. The van der Waals surface area contributed by atoms with Crippen LogP contribution in [0.25, 0.3) is 0 Å². The Morgan fingerprint density at radius 1 is 1.50 bits per heavy atom. The van der Waals surface area contributed by atoms with Crippen LogP contribution in [0.3, 0.4) is 0 Å². The van der Waals surface area contributed by atoms with E-state index in [2.05, 4.69) is 4.21 Å². The first-order chi connectivity index (χ1) is 3.42. The molecule has 3 nitrogen and oxygen atoms in total. The standard InChI is InChI=1S/C3H9O3PSi/c1-8(2,3)6-7(4)5/h1-3H3/p+1. The molecule has 0 heterocycles. The van der Waals surface area contributed by atoms with Crippen molar-refractivity contribution in [3.63, 3.8) is 0 Å². The van der Waals surface area contributed by atoms with E-state index in [9.17, 15) is 4.57 Å². The van der Waals surface area contributed by atoms with Crippen LogP contribution in [0.2, 0.25) is 19.6 Å². The summed E-state index contributed by atoms with van der Waals surface area (Å²) in [5.41, 5.74) is 0. The van der Waals surface area contributed by atoms with E-state index in [4.69, 9.17) is 4.89 Å². The topological polar surface area (TPSA) is 46.5 Å². The summed E-state index contributed by atoms with van der Waals surface area (Å²) in [4.78, 5) is 8.21. The molecule has 0 aromatic rings. The molecule has 1 N–H and O–H groups in total. The lowest BCUT2D eigenvalue weighted by Gasteiger charge is -2.01. The molecule has 1 unspecified atom stereocenters. The van der Waals surface area contributed by atoms with Crippen LogP contribution in [0.15, 0.2) is 0 Å². The number of hydrogen-bond acceptors (Lipinski definition) is 2. The van der Waals surface area contributed by atoms with Crippen molar-refractivity contribution in [2.75, 3.05) is 0 Å². The highest BCUT2D eigenvalue weighted by atomic mass is 31.1. The molecule has 0 aliphatic rings. The Kier molecular flexibility index (Phi) is 2.77. The van der Waals surface area contributed by atoms with Gasteiger partial charge in [-0.15, -0.1) is 4.89 Å². The summed E-state index contributed by atoms with van der Waals surface area (Å²) in [7, 11) is -4.13. The second-order valence-corrected chi connectivity index (χ2v) is 7.87. The van der Waals surface area contributed by atoms with Gasteiger partial charge in [0, 0.05) is 4.57 Å². The van der Waals surface area contributed by atoms with Crippen molar-refractivity contribution in [1.29, 1.82) is 0 Å². The summed E-state index contributed by atoms with van der Waals surface area (Å²) in [6.07, 6.45) is 0. The average molecular weight is 153 g/mol. The minimum absolute atomic E-state index is 1.75. The van der Waals surface area contributed by atoms with Gasteiger partial charge in [-0.25, -0.2) is 0 Å². The van der Waals surface area contributed by atoms with Crippen molar-refractivity contribution in [1.82, 2.24) is 0 Å². The summed E-state index contributed by atoms with van der Waals surface area (Å²) in [6.45, 7) is 5.57. The van der Waals surface area contributed by atoms with Crippen LogP contribution in [0, 0.1) is 0 Å². The predicted molar refractivity (Wildman–Crippen MR) is 34.3 cm³/mol. The Hall–Kier alpha value is 0.237. The summed E-state index contributed by atoms with van der Waals surface area (Å²) < 4.78 is 14.6. The van der Waals surface area contributed by atoms with Crippen molar-refractivity contribution in [3.8, 4) is 0 Å². The van der Waals surface area contributed by atoms with Crippen molar-refractivity contribution >= 4 is 16.6 Å². The minimum Gasteiger partial charge on any atom is -0.176 e. The van der Waals surface area contributed by atoms with Gasteiger partial charge in [0.15, 0.2) is 0 Å². The lowest BCUT2D eigenvalue weighted by Crippen LogP contribution is -2.21. The second-order valence-electron chi connectivity index (χ2n) is 2.44. The molecule has 8 heavy (non-hydrogen) atoms. The normalized spacial score (nSPS) is 13.8. The molecule has 0 saturated carbocycles. The average Bonchev–Trinajstić information content (AvgIpc) is 1.21.